The van der Waals surface area contributed by atoms with E-state index in [1.54, 1.807) is 11.3 Å². The van der Waals surface area contributed by atoms with Crippen molar-refractivity contribution in [2.24, 2.45) is 4.99 Å². The molecule has 0 aliphatic carbocycles. The number of aromatic nitrogens is 2. The predicted molar refractivity (Wildman–Crippen MR) is 110 cm³/mol. The van der Waals surface area contributed by atoms with Gasteiger partial charge in [0.15, 0.2) is 0 Å². The summed E-state index contributed by atoms with van der Waals surface area (Å²) < 4.78 is 5.32. The van der Waals surface area contributed by atoms with Gasteiger partial charge in [0.25, 0.3) is 0 Å². The van der Waals surface area contributed by atoms with E-state index in [9.17, 15) is 0 Å². The molecule has 2 aromatic carbocycles. The fourth-order valence-electron chi connectivity index (χ4n) is 2.91. The highest BCUT2D eigenvalue weighted by Gasteiger charge is 2.08. The van der Waals surface area contributed by atoms with Crippen LogP contribution in [-0.2, 0) is 6.54 Å². The average molecular weight is 373 g/mol. The quantitative estimate of drug-likeness (QED) is 0.422. The minimum absolute atomic E-state index is 0.533. The Labute approximate surface area is 162 Å². The van der Waals surface area contributed by atoms with Gasteiger partial charge in [-0.05, 0) is 65.2 Å². The summed E-state index contributed by atoms with van der Waals surface area (Å²) in [5, 5.41) is 9.85. The number of hydrogen-bond acceptors (Lipinski definition) is 5. The molecule has 0 fully saturated rings. The summed E-state index contributed by atoms with van der Waals surface area (Å²) in [6.07, 6.45) is 3.31. The molecule has 0 saturated carbocycles. The minimum atomic E-state index is 0.533. The fourth-order valence-corrected chi connectivity index (χ4v) is 3.71. The number of rotatable bonds is 5. The third-order valence-electron chi connectivity index (χ3n) is 4.49. The molecule has 0 bridgehead atoms. The summed E-state index contributed by atoms with van der Waals surface area (Å²) in [7, 11) is 0. The maximum absolute atomic E-state index is 5.32. The lowest BCUT2D eigenvalue weighted by atomic mass is 9.97. The van der Waals surface area contributed by atoms with E-state index >= 15 is 0 Å². The Morgan fingerprint density at radius 1 is 1.00 bits per heavy atom. The fraction of sp³-hybridized carbons (Fsp3) is 0.136. The maximum Gasteiger partial charge on any atom is 0.247 e. The van der Waals surface area contributed by atoms with Crippen LogP contribution in [0, 0.1) is 13.8 Å². The highest BCUT2D eigenvalue weighted by molar-refractivity contribution is 7.11. The van der Waals surface area contributed by atoms with Gasteiger partial charge in [-0.3, -0.25) is 4.99 Å². The first-order valence-corrected chi connectivity index (χ1v) is 9.59. The van der Waals surface area contributed by atoms with Crippen LogP contribution in [0.5, 0.6) is 0 Å². The van der Waals surface area contributed by atoms with Gasteiger partial charge in [-0.2, -0.15) is 0 Å². The zero-order valence-corrected chi connectivity index (χ0v) is 16.0. The van der Waals surface area contributed by atoms with Gasteiger partial charge in [-0.15, -0.1) is 21.5 Å². The molecule has 0 N–H and O–H groups in total. The Morgan fingerprint density at radius 3 is 2.52 bits per heavy atom. The third-order valence-corrected chi connectivity index (χ3v) is 5.45. The number of thiophene rings is 1. The van der Waals surface area contributed by atoms with Crippen molar-refractivity contribution in [1.82, 2.24) is 10.2 Å². The maximum atomic E-state index is 5.32. The second-order valence-electron chi connectivity index (χ2n) is 6.41. The van der Waals surface area contributed by atoms with Crippen LogP contribution < -0.4 is 0 Å². The van der Waals surface area contributed by atoms with Crippen LogP contribution in [0.3, 0.4) is 0 Å². The molecule has 4 aromatic rings. The molecule has 0 spiro atoms. The smallest absolute Gasteiger partial charge is 0.247 e. The predicted octanol–water partition coefficient (Wildman–Crippen LogP) is 5.70. The Balaban J connectivity index is 1.53. The number of nitrogens with zero attached hydrogens (tertiary/aromatic N) is 3. The molecule has 4 rings (SSSR count). The van der Waals surface area contributed by atoms with Crippen molar-refractivity contribution in [1.29, 1.82) is 0 Å². The summed E-state index contributed by atoms with van der Waals surface area (Å²) in [6.45, 7) is 4.89. The Kier molecular flexibility index (Phi) is 4.94. The molecule has 0 aliphatic rings. The molecule has 0 radical (unpaired) electrons. The Morgan fingerprint density at radius 2 is 1.81 bits per heavy atom. The highest BCUT2D eigenvalue weighted by Crippen LogP contribution is 2.28. The molecule has 4 nitrogen and oxygen atoms in total. The topological polar surface area (TPSA) is 51.3 Å². The van der Waals surface area contributed by atoms with E-state index in [1.165, 1.54) is 28.0 Å². The second-order valence-corrected chi connectivity index (χ2v) is 7.36. The molecule has 0 atom stereocenters. The standard InChI is InChI=1S/C22H19N3OS/c1-15-3-6-19(22-25-24-14-26-22)11-20(15)18-7-4-17(5-8-18)12-23-13-21-16(2)9-10-27-21/h3-11,13-14H,12H2,1-2H3. The first kappa shape index (κ1) is 17.4. The Bertz CT molecular complexity index is 1060. The van der Waals surface area contributed by atoms with Crippen LogP contribution in [-0.4, -0.2) is 16.4 Å². The van der Waals surface area contributed by atoms with Crippen molar-refractivity contribution in [3.05, 3.63) is 81.9 Å². The van der Waals surface area contributed by atoms with E-state index < -0.39 is 0 Å². The van der Waals surface area contributed by atoms with Gasteiger partial charge in [-0.1, -0.05) is 30.3 Å². The van der Waals surface area contributed by atoms with Crippen LogP contribution in [0.4, 0.5) is 0 Å². The molecular formula is C22H19N3OS. The van der Waals surface area contributed by atoms with Gasteiger partial charge in [0, 0.05) is 16.7 Å². The van der Waals surface area contributed by atoms with Gasteiger partial charge in [0.05, 0.1) is 6.54 Å². The normalized spacial score (nSPS) is 11.3. The zero-order valence-electron chi connectivity index (χ0n) is 15.2. The van der Waals surface area contributed by atoms with Gasteiger partial charge in [0.1, 0.15) is 0 Å². The van der Waals surface area contributed by atoms with Gasteiger partial charge < -0.3 is 4.42 Å². The van der Waals surface area contributed by atoms with Crippen molar-refractivity contribution in [2.45, 2.75) is 20.4 Å². The Hall–Kier alpha value is -3.05. The van der Waals surface area contributed by atoms with Crippen LogP contribution in [0.2, 0.25) is 0 Å². The SMILES string of the molecule is Cc1ccc(-c2nnco2)cc1-c1ccc(CN=Cc2sccc2C)cc1. The van der Waals surface area contributed by atoms with Gasteiger partial charge in [-0.25, -0.2) is 0 Å². The monoisotopic (exact) mass is 373 g/mol. The van der Waals surface area contributed by atoms with Crippen molar-refractivity contribution in [3.63, 3.8) is 0 Å². The molecule has 0 unspecified atom stereocenters. The van der Waals surface area contributed by atoms with E-state index in [2.05, 4.69) is 76.9 Å². The van der Waals surface area contributed by atoms with E-state index in [1.807, 2.05) is 12.3 Å². The van der Waals surface area contributed by atoms with Crippen LogP contribution in [0.15, 0.2) is 69.7 Å². The molecule has 2 aromatic heterocycles. The first-order chi connectivity index (χ1) is 13.2. The summed E-state index contributed by atoms with van der Waals surface area (Å²) in [4.78, 5) is 5.79. The van der Waals surface area contributed by atoms with Crippen molar-refractivity contribution in [2.75, 3.05) is 0 Å². The van der Waals surface area contributed by atoms with Crippen LogP contribution in [0.25, 0.3) is 22.6 Å². The summed E-state index contributed by atoms with van der Waals surface area (Å²) >= 11 is 1.72. The van der Waals surface area contributed by atoms with E-state index in [4.69, 9.17) is 4.42 Å². The van der Waals surface area contributed by atoms with Crippen molar-refractivity contribution in [3.8, 4) is 22.6 Å². The second kappa shape index (κ2) is 7.68. The average Bonchev–Trinajstić information content (AvgIpc) is 3.35. The molecule has 0 aliphatic heterocycles. The highest BCUT2D eigenvalue weighted by atomic mass is 32.1. The third kappa shape index (κ3) is 3.88. The van der Waals surface area contributed by atoms with Gasteiger partial charge in [0.2, 0.25) is 12.3 Å². The van der Waals surface area contributed by atoms with E-state index in [-0.39, 0.29) is 0 Å². The lowest BCUT2D eigenvalue weighted by Gasteiger charge is -2.08. The number of aryl methyl sites for hydroxylation is 2. The van der Waals surface area contributed by atoms with Gasteiger partial charge >= 0.3 is 0 Å². The number of hydrogen-bond donors (Lipinski definition) is 0. The summed E-state index contributed by atoms with van der Waals surface area (Å²) in [6, 6.07) is 16.8. The largest absolute Gasteiger partial charge is 0.423 e. The summed E-state index contributed by atoms with van der Waals surface area (Å²) in [5.74, 6) is 0.533. The molecule has 134 valence electrons. The van der Waals surface area contributed by atoms with Crippen LogP contribution >= 0.6 is 11.3 Å². The zero-order chi connectivity index (χ0) is 18.6. The molecule has 2 heterocycles. The summed E-state index contributed by atoms with van der Waals surface area (Å²) in [5.41, 5.74) is 6.92. The lowest BCUT2D eigenvalue weighted by molar-refractivity contribution is 0.568. The number of aliphatic imine (C=N–C) groups is 1. The molecular weight excluding hydrogens is 354 g/mol. The molecule has 27 heavy (non-hydrogen) atoms. The number of benzene rings is 2. The minimum Gasteiger partial charge on any atom is -0.423 e. The van der Waals surface area contributed by atoms with Crippen LogP contribution in [0.1, 0.15) is 21.6 Å². The molecule has 0 amide bonds. The van der Waals surface area contributed by atoms with E-state index in [0.29, 0.717) is 12.4 Å². The van der Waals surface area contributed by atoms with Crippen molar-refractivity contribution < 1.29 is 4.42 Å². The lowest BCUT2D eigenvalue weighted by Crippen LogP contribution is -1.88. The molecule has 0 saturated heterocycles. The van der Waals surface area contributed by atoms with E-state index in [0.717, 1.165) is 16.7 Å². The molecule has 5 heteroatoms. The first-order valence-electron chi connectivity index (χ1n) is 8.71. The van der Waals surface area contributed by atoms with Crippen molar-refractivity contribution >= 4 is 17.6 Å².